The third kappa shape index (κ3) is 8.61. The molecule has 1 aliphatic rings. The van der Waals surface area contributed by atoms with E-state index in [9.17, 15) is 19.2 Å². The Morgan fingerprint density at radius 1 is 0.826 bits per heavy atom. The van der Waals surface area contributed by atoms with Gasteiger partial charge in [-0.1, -0.05) is 12.1 Å². The summed E-state index contributed by atoms with van der Waals surface area (Å²) >= 11 is 0. The zero-order valence-electron chi connectivity index (χ0n) is 29.6. The predicted molar refractivity (Wildman–Crippen MR) is 173 cm³/mol. The number of methoxy groups -OCH3 is 1. The average Bonchev–Trinajstić information content (AvgIpc) is 3.32. The van der Waals surface area contributed by atoms with Gasteiger partial charge in [-0.15, -0.1) is 0 Å². The van der Waals surface area contributed by atoms with Crippen LogP contribution in [0.4, 0.5) is 14.4 Å². The summed E-state index contributed by atoms with van der Waals surface area (Å²) in [5, 5.41) is 0.563. The first-order chi connectivity index (χ1) is 20.7. The molecule has 0 aliphatic carbocycles. The van der Waals surface area contributed by atoms with Crippen LogP contribution in [-0.4, -0.2) is 82.0 Å². The number of carbonyl (C=O) groups excluding carboxylic acids is 4. The molecule has 0 spiro atoms. The van der Waals surface area contributed by atoms with E-state index in [2.05, 4.69) is 0 Å². The number of hydrogen-bond acceptors (Lipinski definition) is 10. The summed E-state index contributed by atoms with van der Waals surface area (Å²) in [6.45, 7) is 22.9. The maximum Gasteiger partial charge on any atom is 0.494 e. The lowest BCUT2D eigenvalue weighted by Gasteiger charge is -2.32. The molecule has 1 fully saturated rings. The quantitative estimate of drug-likeness (QED) is 0.218. The third-order valence-corrected chi connectivity index (χ3v) is 7.41. The Labute approximate surface area is 272 Å². The Bertz CT molecular complexity index is 1450. The number of nitrogens with zero attached hydrogens (tertiary/aromatic N) is 2. The minimum Gasteiger partial charge on any atom is -0.467 e. The number of rotatable bonds is 5. The summed E-state index contributed by atoms with van der Waals surface area (Å²) in [5.74, 6) is -0.885. The van der Waals surface area contributed by atoms with Gasteiger partial charge >= 0.3 is 31.4 Å². The fourth-order valence-corrected chi connectivity index (χ4v) is 4.64. The maximum atomic E-state index is 13.5. The first-order valence-corrected chi connectivity index (χ1v) is 15.3. The van der Waals surface area contributed by atoms with Crippen LogP contribution in [0.1, 0.15) is 95.6 Å². The van der Waals surface area contributed by atoms with E-state index in [1.807, 2.05) is 27.7 Å². The van der Waals surface area contributed by atoms with E-state index >= 15 is 0 Å². The van der Waals surface area contributed by atoms with E-state index in [0.717, 1.165) is 7.11 Å². The number of benzene rings is 1. The molecule has 1 atom stereocenters. The van der Waals surface area contributed by atoms with Crippen LogP contribution in [0.5, 0.6) is 0 Å². The Morgan fingerprint density at radius 3 is 1.74 bits per heavy atom. The number of imide groups is 1. The second-order valence-electron chi connectivity index (χ2n) is 15.4. The molecule has 0 N–H and O–H groups in total. The second kappa shape index (κ2) is 12.6. The average molecular weight is 645 g/mol. The fourth-order valence-electron chi connectivity index (χ4n) is 4.64. The number of carbonyl (C=O) groups is 4. The summed E-state index contributed by atoms with van der Waals surface area (Å²) in [6.07, 6.45) is -1.55. The van der Waals surface area contributed by atoms with Crippen LogP contribution < -0.4 is 5.46 Å². The van der Waals surface area contributed by atoms with Crippen LogP contribution in [0.15, 0.2) is 24.4 Å². The highest BCUT2D eigenvalue weighted by molar-refractivity contribution is 6.62. The zero-order chi connectivity index (χ0) is 35.2. The molecule has 13 heteroatoms. The van der Waals surface area contributed by atoms with E-state index in [1.54, 1.807) is 80.5 Å². The summed E-state index contributed by atoms with van der Waals surface area (Å²) in [6, 6.07) is 3.83. The van der Waals surface area contributed by atoms with Crippen LogP contribution in [0.2, 0.25) is 0 Å². The van der Waals surface area contributed by atoms with Crippen molar-refractivity contribution >= 4 is 47.7 Å². The van der Waals surface area contributed by atoms with Crippen molar-refractivity contribution in [2.24, 2.45) is 0 Å². The minimum absolute atomic E-state index is 0.229. The molecule has 2 amide bonds. The van der Waals surface area contributed by atoms with Crippen molar-refractivity contribution < 1.29 is 47.4 Å². The Balaban J connectivity index is 2.19. The first kappa shape index (κ1) is 36.9. The van der Waals surface area contributed by atoms with Gasteiger partial charge in [-0.3, -0.25) is 4.57 Å². The molecule has 0 bridgehead atoms. The van der Waals surface area contributed by atoms with Crippen molar-refractivity contribution in [2.75, 3.05) is 7.11 Å². The molecule has 254 valence electrons. The van der Waals surface area contributed by atoms with Gasteiger partial charge in [0, 0.05) is 18.0 Å². The number of ether oxygens (including phenoxy) is 4. The van der Waals surface area contributed by atoms with Gasteiger partial charge in [-0.05, 0) is 107 Å². The Kier molecular flexibility index (Phi) is 10.1. The molecular formula is C33H49BN2O10. The van der Waals surface area contributed by atoms with Gasteiger partial charge in [0.15, 0.2) is 0 Å². The lowest BCUT2D eigenvalue weighted by atomic mass is 9.78. The van der Waals surface area contributed by atoms with Crippen LogP contribution in [-0.2, 0) is 39.5 Å². The normalized spacial score (nSPS) is 17.0. The molecule has 1 aromatic heterocycles. The molecular weight excluding hydrogens is 595 g/mol. The van der Waals surface area contributed by atoms with Gasteiger partial charge in [0.2, 0.25) is 0 Å². The van der Waals surface area contributed by atoms with Crippen LogP contribution in [0, 0.1) is 0 Å². The molecule has 1 saturated heterocycles. The van der Waals surface area contributed by atoms with Crippen molar-refractivity contribution in [3.05, 3.63) is 30.0 Å². The summed E-state index contributed by atoms with van der Waals surface area (Å²) < 4.78 is 35.6. The van der Waals surface area contributed by atoms with Crippen molar-refractivity contribution in [1.29, 1.82) is 0 Å². The van der Waals surface area contributed by atoms with Crippen LogP contribution >= 0.6 is 0 Å². The van der Waals surface area contributed by atoms with E-state index < -0.39 is 65.4 Å². The van der Waals surface area contributed by atoms with Crippen molar-refractivity contribution in [3.8, 4) is 0 Å². The highest BCUT2D eigenvalue weighted by atomic mass is 16.7. The van der Waals surface area contributed by atoms with E-state index in [1.165, 1.54) is 10.8 Å². The number of fused-ring (bicyclic) bond motifs is 1. The predicted octanol–water partition coefficient (Wildman–Crippen LogP) is 5.98. The van der Waals surface area contributed by atoms with Crippen LogP contribution in [0.25, 0.3) is 10.9 Å². The Hall–Kier alpha value is -3.58. The van der Waals surface area contributed by atoms with Gasteiger partial charge in [0.05, 0.1) is 23.8 Å². The van der Waals surface area contributed by atoms with Crippen LogP contribution in [0.3, 0.4) is 0 Å². The van der Waals surface area contributed by atoms with Gasteiger partial charge in [-0.25, -0.2) is 19.2 Å². The molecule has 1 aromatic carbocycles. The summed E-state index contributed by atoms with van der Waals surface area (Å²) in [4.78, 5) is 54.3. The maximum absolute atomic E-state index is 13.5. The molecule has 1 aliphatic heterocycles. The van der Waals surface area contributed by atoms with Crippen molar-refractivity contribution in [3.63, 3.8) is 0 Å². The SMILES string of the molecule is COC(=O)C(Cc1cn(C(=O)OC(C)(C)C)c2cc(B3OC(C)(C)C(C)(C)O3)ccc12)N(C(=O)OC(C)(C)C)C(=O)OC(C)(C)C. The van der Waals surface area contributed by atoms with Gasteiger partial charge < -0.3 is 28.3 Å². The Morgan fingerprint density at radius 2 is 1.30 bits per heavy atom. The van der Waals surface area contributed by atoms with Crippen molar-refractivity contribution in [2.45, 2.75) is 130 Å². The molecule has 46 heavy (non-hydrogen) atoms. The molecule has 1 unspecified atom stereocenters. The smallest absolute Gasteiger partial charge is 0.467 e. The topological polar surface area (TPSA) is 132 Å². The fraction of sp³-hybridized carbons (Fsp3) is 0.636. The highest BCUT2D eigenvalue weighted by Gasteiger charge is 2.52. The van der Waals surface area contributed by atoms with Gasteiger partial charge in [0.1, 0.15) is 22.8 Å². The molecule has 2 heterocycles. The number of esters is 1. The lowest BCUT2D eigenvalue weighted by molar-refractivity contribution is -0.146. The van der Waals surface area contributed by atoms with Gasteiger partial charge in [-0.2, -0.15) is 4.90 Å². The van der Waals surface area contributed by atoms with E-state index in [0.29, 0.717) is 26.8 Å². The van der Waals surface area contributed by atoms with Crippen molar-refractivity contribution in [1.82, 2.24) is 9.47 Å². The summed E-state index contributed by atoms with van der Waals surface area (Å²) in [7, 11) is 0.441. The van der Waals surface area contributed by atoms with E-state index in [-0.39, 0.29) is 6.42 Å². The monoisotopic (exact) mass is 644 g/mol. The number of hydrogen-bond donors (Lipinski definition) is 0. The third-order valence-electron chi connectivity index (χ3n) is 7.41. The number of aromatic nitrogens is 1. The largest absolute Gasteiger partial charge is 0.494 e. The first-order valence-electron chi connectivity index (χ1n) is 15.3. The summed E-state index contributed by atoms with van der Waals surface area (Å²) in [5.41, 5.74) is -2.42. The molecule has 0 saturated carbocycles. The van der Waals surface area contributed by atoms with Gasteiger partial charge in [0.25, 0.3) is 0 Å². The molecule has 0 radical (unpaired) electrons. The zero-order valence-corrected chi connectivity index (χ0v) is 29.6. The number of amides is 2. The molecule has 3 rings (SSSR count). The molecule has 12 nitrogen and oxygen atoms in total. The standard InChI is InChI=1S/C33H49BN2O10/c1-29(2,3)42-26(38)35-19-20(22-16-15-21(18-23(22)35)34-45-32(10,11)33(12,13)46-34)17-24(25(37)41-14)36(27(39)43-30(4,5)6)28(40)44-31(7,8)9/h15-16,18-19,24H,17H2,1-14H3. The van der Waals surface area contributed by atoms with E-state index in [4.69, 9.17) is 28.3 Å². The molecule has 2 aromatic rings. The lowest BCUT2D eigenvalue weighted by Crippen LogP contribution is -2.53. The highest BCUT2D eigenvalue weighted by Crippen LogP contribution is 2.37. The minimum atomic E-state index is -1.50. The second-order valence-corrected chi connectivity index (χ2v) is 15.4.